The number of amides is 1. The number of aromatic hydroxyl groups is 1. The van der Waals surface area contributed by atoms with Gasteiger partial charge < -0.3 is 19.9 Å². The number of nitrogens with one attached hydrogen (secondary N) is 1. The number of hydrogen-bond acceptors (Lipinski definition) is 5. The molecule has 1 aliphatic heterocycles. The molecule has 1 aliphatic rings. The van der Waals surface area contributed by atoms with Gasteiger partial charge in [0.2, 0.25) is 0 Å². The molecule has 1 atom stereocenters. The lowest BCUT2D eigenvalue weighted by atomic mass is 9.84. The van der Waals surface area contributed by atoms with Crippen molar-refractivity contribution >= 4 is 17.3 Å². The van der Waals surface area contributed by atoms with Crippen molar-refractivity contribution < 1.29 is 28.2 Å². The number of para-hydroxylation sites is 1. The maximum Gasteiger partial charge on any atom is 0.262 e. The molecule has 0 spiro atoms. The quantitative estimate of drug-likeness (QED) is 0.220. The first-order valence-corrected chi connectivity index (χ1v) is 13.4. The second kappa shape index (κ2) is 12.3. The van der Waals surface area contributed by atoms with Crippen molar-refractivity contribution in [2.75, 3.05) is 23.9 Å². The lowest BCUT2D eigenvalue weighted by Crippen LogP contribution is -2.37. The van der Waals surface area contributed by atoms with Crippen LogP contribution in [-0.2, 0) is 4.74 Å². The minimum Gasteiger partial charge on any atom is -0.506 e. The third-order valence-corrected chi connectivity index (χ3v) is 7.27. The molecule has 0 aliphatic carbocycles. The number of nitrogens with zero attached hydrogens (tertiary/aromatic N) is 1. The molecule has 2 N–H and O–H groups in total. The van der Waals surface area contributed by atoms with Gasteiger partial charge in [-0.15, -0.1) is 5.92 Å². The zero-order valence-electron chi connectivity index (χ0n) is 23.8. The van der Waals surface area contributed by atoms with Crippen molar-refractivity contribution in [2.24, 2.45) is 5.41 Å². The molecule has 3 aromatic carbocycles. The van der Waals surface area contributed by atoms with E-state index in [1.165, 1.54) is 48.4 Å². The van der Waals surface area contributed by atoms with Crippen molar-refractivity contribution in [3.63, 3.8) is 0 Å². The Bertz CT molecular complexity index is 1540. The maximum atomic E-state index is 16.0. The van der Waals surface area contributed by atoms with E-state index in [0.29, 0.717) is 12.1 Å². The van der Waals surface area contributed by atoms with Crippen LogP contribution in [0.25, 0.3) is 0 Å². The van der Waals surface area contributed by atoms with E-state index >= 15 is 8.78 Å². The number of methoxy groups -OCH3 is 1. The Labute approximate surface area is 239 Å². The van der Waals surface area contributed by atoms with Crippen LogP contribution in [0.5, 0.6) is 11.5 Å². The fraction of sp³-hybridized carbons (Fsp3) is 0.303. The van der Waals surface area contributed by atoms with Crippen LogP contribution in [0.2, 0.25) is 0 Å². The van der Waals surface area contributed by atoms with Gasteiger partial charge in [-0.25, -0.2) is 8.78 Å². The van der Waals surface area contributed by atoms with Crippen LogP contribution in [0.15, 0.2) is 72.1 Å². The van der Waals surface area contributed by atoms with E-state index in [-0.39, 0.29) is 51.8 Å². The molecular weight excluding hydrogens is 526 g/mol. The van der Waals surface area contributed by atoms with Crippen molar-refractivity contribution in [2.45, 2.75) is 46.6 Å². The van der Waals surface area contributed by atoms with E-state index in [1.54, 1.807) is 31.2 Å². The van der Waals surface area contributed by atoms with Crippen LogP contribution in [-0.4, -0.2) is 24.7 Å². The van der Waals surface area contributed by atoms with Crippen LogP contribution >= 0.6 is 0 Å². The van der Waals surface area contributed by atoms with Gasteiger partial charge in [0.1, 0.15) is 47.2 Å². The van der Waals surface area contributed by atoms with Gasteiger partial charge >= 0.3 is 0 Å². The van der Waals surface area contributed by atoms with Crippen molar-refractivity contribution in [1.82, 2.24) is 0 Å². The Kier molecular flexibility index (Phi) is 8.87. The van der Waals surface area contributed by atoms with Crippen LogP contribution in [0.1, 0.15) is 62.5 Å². The molecule has 3 aromatic rings. The third-order valence-electron chi connectivity index (χ3n) is 7.27. The Balaban J connectivity index is 2.02. The summed E-state index contributed by atoms with van der Waals surface area (Å²) in [5.41, 5.74) is 0.703. The smallest absolute Gasteiger partial charge is 0.262 e. The van der Waals surface area contributed by atoms with Crippen molar-refractivity contribution in [3.8, 4) is 23.3 Å². The Hall–Kier alpha value is -4.51. The summed E-state index contributed by atoms with van der Waals surface area (Å²) in [6, 6.07) is 13.5. The largest absolute Gasteiger partial charge is 0.506 e. The Morgan fingerprint density at radius 2 is 1.85 bits per heavy atom. The number of fused-ring (bicyclic) bond motifs is 1. The first kappa shape index (κ1) is 29.5. The minimum atomic E-state index is -1.16. The lowest BCUT2D eigenvalue weighted by Gasteiger charge is -2.33. The average Bonchev–Trinajstić information content (AvgIpc) is 3.08. The van der Waals surface area contributed by atoms with Crippen LogP contribution in [0.4, 0.5) is 20.2 Å². The molecular formula is C33H34F2N2O4. The van der Waals surface area contributed by atoms with Crippen molar-refractivity contribution in [1.29, 1.82) is 0 Å². The Morgan fingerprint density at radius 1 is 1.10 bits per heavy atom. The summed E-state index contributed by atoms with van der Waals surface area (Å²) in [6.45, 7) is 7.98. The number of halogens is 2. The van der Waals surface area contributed by atoms with Gasteiger partial charge in [-0.3, -0.25) is 9.69 Å². The summed E-state index contributed by atoms with van der Waals surface area (Å²) in [4.78, 5) is 15.5. The van der Waals surface area contributed by atoms with E-state index in [0.717, 1.165) is 6.42 Å². The van der Waals surface area contributed by atoms with Gasteiger partial charge in [0.05, 0.1) is 24.1 Å². The maximum absolute atomic E-state index is 16.0. The van der Waals surface area contributed by atoms with Gasteiger partial charge in [-0.05, 0) is 55.2 Å². The van der Waals surface area contributed by atoms with Gasteiger partial charge in [-0.2, -0.15) is 0 Å². The molecule has 6 nitrogen and oxygen atoms in total. The second-order valence-electron chi connectivity index (χ2n) is 10.5. The van der Waals surface area contributed by atoms with Gasteiger partial charge in [-0.1, -0.05) is 51.3 Å². The summed E-state index contributed by atoms with van der Waals surface area (Å²) in [6.07, 6.45) is 1.27. The summed E-state index contributed by atoms with van der Waals surface area (Å²) >= 11 is 0. The van der Waals surface area contributed by atoms with Crippen LogP contribution < -0.4 is 15.0 Å². The Morgan fingerprint density at radius 3 is 2.51 bits per heavy atom. The number of hydrogen-bond donors (Lipinski definition) is 2. The van der Waals surface area contributed by atoms with Gasteiger partial charge in [0, 0.05) is 11.6 Å². The molecule has 1 heterocycles. The molecule has 1 amide bonds. The molecule has 0 saturated carbocycles. The molecule has 214 valence electrons. The molecule has 0 radical (unpaired) electrons. The summed E-state index contributed by atoms with van der Waals surface area (Å²) in [5.74, 6) is 3.77. The number of anilines is 2. The zero-order chi connectivity index (χ0) is 29.7. The van der Waals surface area contributed by atoms with Gasteiger partial charge in [0.25, 0.3) is 5.91 Å². The van der Waals surface area contributed by atoms with Crippen LogP contribution in [0, 0.1) is 28.9 Å². The fourth-order valence-electron chi connectivity index (χ4n) is 4.74. The van der Waals surface area contributed by atoms with Crippen LogP contribution in [0.3, 0.4) is 0 Å². The SMILES string of the molecule is CC#CCOc1ccc([C@H]2C(OC)=C(CC(C)(C)CC)Nc3c(O)cccc3N2C(=O)c2ccccc2F)c(F)c1. The molecule has 0 aromatic heterocycles. The molecule has 0 bridgehead atoms. The fourth-order valence-corrected chi connectivity index (χ4v) is 4.74. The van der Waals surface area contributed by atoms with E-state index in [1.807, 2.05) is 0 Å². The molecule has 0 saturated heterocycles. The number of phenols is 1. The predicted molar refractivity (Wildman–Crippen MR) is 156 cm³/mol. The minimum absolute atomic E-state index is 0.0899. The second-order valence-corrected chi connectivity index (χ2v) is 10.5. The predicted octanol–water partition coefficient (Wildman–Crippen LogP) is 7.57. The number of allylic oxidation sites excluding steroid dienone is 1. The number of carbonyl (C=O) groups is 1. The normalized spacial score (nSPS) is 14.8. The van der Waals surface area contributed by atoms with E-state index in [2.05, 4.69) is 37.9 Å². The van der Waals surface area contributed by atoms with E-state index in [4.69, 9.17) is 9.47 Å². The monoisotopic (exact) mass is 560 g/mol. The number of carbonyl (C=O) groups excluding carboxylic acids is 1. The highest BCUT2D eigenvalue weighted by atomic mass is 19.1. The molecule has 41 heavy (non-hydrogen) atoms. The number of phenolic OH excluding ortho intramolecular Hbond substituents is 1. The number of ether oxygens (including phenoxy) is 2. The highest BCUT2D eigenvalue weighted by molar-refractivity contribution is 6.09. The van der Waals surface area contributed by atoms with Gasteiger partial charge in [0.15, 0.2) is 0 Å². The number of benzene rings is 3. The number of rotatable bonds is 8. The summed E-state index contributed by atoms with van der Waals surface area (Å²) < 4.78 is 42.5. The summed E-state index contributed by atoms with van der Waals surface area (Å²) in [5, 5.41) is 14.2. The van der Waals surface area contributed by atoms with Crippen molar-refractivity contribution in [3.05, 3.63) is 94.9 Å². The highest BCUT2D eigenvalue weighted by Crippen LogP contribution is 2.48. The summed E-state index contributed by atoms with van der Waals surface area (Å²) in [7, 11) is 1.45. The highest BCUT2D eigenvalue weighted by Gasteiger charge is 2.40. The lowest BCUT2D eigenvalue weighted by molar-refractivity contribution is 0.0966. The molecule has 4 rings (SSSR count). The first-order valence-electron chi connectivity index (χ1n) is 13.4. The molecule has 0 fully saturated rings. The zero-order valence-corrected chi connectivity index (χ0v) is 23.8. The molecule has 0 unspecified atom stereocenters. The molecule has 8 heteroatoms. The third kappa shape index (κ3) is 6.14. The van der Waals surface area contributed by atoms with E-state index < -0.39 is 23.6 Å². The standard InChI is InChI=1S/C33H34F2N2O4/c1-6-8-18-41-21-16-17-22(25(35)19-21)30-31(40-5)26(20-33(3,4)7-2)36-29-27(14-11-15-28(29)38)37(30)32(39)23-12-9-10-13-24(23)34/h9-17,19,30,36,38H,7,18,20H2,1-5H3/t30-/m0/s1. The van der Waals surface area contributed by atoms with E-state index in [9.17, 15) is 9.90 Å². The average molecular weight is 561 g/mol. The first-order chi connectivity index (χ1) is 19.6. The topological polar surface area (TPSA) is 71.0 Å².